The van der Waals surface area contributed by atoms with Crippen LogP contribution in [-0.4, -0.2) is 35.0 Å². The zero-order valence-electron chi connectivity index (χ0n) is 15.5. The van der Waals surface area contributed by atoms with Gasteiger partial charge in [0.15, 0.2) is 0 Å². The highest BCUT2D eigenvalue weighted by Crippen LogP contribution is 2.28. The van der Waals surface area contributed by atoms with Gasteiger partial charge < -0.3 is 4.74 Å². The molecule has 1 aliphatic rings. The van der Waals surface area contributed by atoms with Gasteiger partial charge in [0.2, 0.25) is 0 Å². The highest BCUT2D eigenvalue weighted by Gasteiger charge is 2.44. The van der Waals surface area contributed by atoms with E-state index >= 15 is 0 Å². The van der Waals surface area contributed by atoms with E-state index in [1.54, 1.807) is 49.9 Å². The van der Waals surface area contributed by atoms with E-state index in [9.17, 15) is 14.4 Å². The van der Waals surface area contributed by atoms with E-state index in [2.05, 4.69) is 0 Å². The zero-order chi connectivity index (χ0) is 19.6. The third-order valence-electron chi connectivity index (χ3n) is 4.52. The minimum absolute atomic E-state index is 0.0971. The average molecular weight is 383 g/mol. The number of esters is 1. The summed E-state index contributed by atoms with van der Waals surface area (Å²) in [6.07, 6.45) is 1.99. The lowest BCUT2D eigenvalue weighted by Crippen LogP contribution is -2.48. The summed E-state index contributed by atoms with van der Waals surface area (Å²) in [5.41, 5.74) is 1.51. The fourth-order valence-corrected chi connectivity index (χ4v) is 3.51. The standard InChI is InChI=1S/C21H21NO4S/c1-13(2)18(21(25)26-12-14-8-10-15(27-3)11-9-14)22-19(23)16-6-4-5-7-17(16)20(22)24/h4-11,13,18H,12H2,1-3H3/t18-/m0/s1. The summed E-state index contributed by atoms with van der Waals surface area (Å²) in [7, 11) is 0. The Hall–Kier alpha value is -2.60. The van der Waals surface area contributed by atoms with Crippen molar-refractivity contribution >= 4 is 29.5 Å². The first-order chi connectivity index (χ1) is 12.9. The van der Waals surface area contributed by atoms with E-state index in [-0.39, 0.29) is 12.5 Å². The topological polar surface area (TPSA) is 63.7 Å². The molecule has 6 heteroatoms. The Bertz CT molecular complexity index is 841. The van der Waals surface area contributed by atoms with Crippen LogP contribution in [0.1, 0.15) is 40.1 Å². The maximum atomic E-state index is 12.7. The molecule has 0 N–H and O–H groups in total. The number of hydrogen-bond acceptors (Lipinski definition) is 5. The molecule has 0 unspecified atom stereocenters. The summed E-state index contributed by atoms with van der Waals surface area (Å²) < 4.78 is 5.44. The second kappa shape index (κ2) is 7.96. The second-order valence-electron chi connectivity index (χ2n) is 6.67. The largest absolute Gasteiger partial charge is 0.459 e. The first kappa shape index (κ1) is 19.2. The van der Waals surface area contributed by atoms with Crippen LogP contribution in [-0.2, 0) is 16.1 Å². The van der Waals surface area contributed by atoms with E-state index in [1.165, 1.54) is 0 Å². The molecular formula is C21H21NO4S. The lowest BCUT2D eigenvalue weighted by molar-refractivity contribution is -0.151. The van der Waals surface area contributed by atoms with Gasteiger partial charge in [0.1, 0.15) is 12.6 Å². The molecule has 0 aromatic heterocycles. The Morgan fingerprint density at radius 1 is 1.00 bits per heavy atom. The van der Waals surface area contributed by atoms with Crippen LogP contribution >= 0.6 is 11.8 Å². The number of carbonyl (C=O) groups excluding carboxylic acids is 3. The number of rotatable bonds is 6. The number of imide groups is 1. The third kappa shape index (κ3) is 3.76. The van der Waals surface area contributed by atoms with Gasteiger partial charge in [-0.05, 0) is 42.0 Å². The molecule has 0 aliphatic carbocycles. The summed E-state index contributed by atoms with van der Waals surface area (Å²) in [4.78, 5) is 40.3. The predicted molar refractivity (Wildman–Crippen MR) is 104 cm³/mol. The van der Waals surface area contributed by atoms with Gasteiger partial charge >= 0.3 is 5.97 Å². The maximum absolute atomic E-state index is 12.7. The van der Waals surface area contributed by atoms with Crippen molar-refractivity contribution in [2.75, 3.05) is 6.26 Å². The Morgan fingerprint density at radius 2 is 1.56 bits per heavy atom. The number of nitrogens with zero attached hydrogens (tertiary/aromatic N) is 1. The van der Waals surface area contributed by atoms with Crippen LogP contribution in [0.3, 0.4) is 0 Å². The number of thioether (sulfide) groups is 1. The summed E-state index contributed by atoms with van der Waals surface area (Å²) in [5.74, 6) is -1.74. The molecule has 0 saturated heterocycles. The molecule has 1 atom stereocenters. The van der Waals surface area contributed by atoms with Crippen LogP contribution in [0.15, 0.2) is 53.4 Å². The van der Waals surface area contributed by atoms with Crippen molar-refractivity contribution in [1.29, 1.82) is 0 Å². The quantitative estimate of drug-likeness (QED) is 0.432. The minimum Gasteiger partial charge on any atom is -0.459 e. The Labute approximate surface area is 162 Å². The van der Waals surface area contributed by atoms with E-state index in [0.29, 0.717) is 11.1 Å². The summed E-state index contributed by atoms with van der Waals surface area (Å²) >= 11 is 1.63. The highest BCUT2D eigenvalue weighted by atomic mass is 32.2. The van der Waals surface area contributed by atoms with Gasteiger partial charge in [0.05, 0.1) is 11.1 Å². The number of amides is 2. The fourth-order valence-electron chi connectivity index (χ4n) is 3.10. The van der Waals surface area contributed by atoms with E-state index in [0.717, 1.165) is 15.4 Å². The molecule has 0 fully saturated rings. The normalized spacial score (nSPS) is 14.4. The van der Waals surface area contributed by atoms with Crippen molar-refractivity contribution in [3.63, 3.8) is 0 Å². The number of hydrogen-bond donors (Lipinski definition) is 0. The molecule has 27 heavy (non-hydrogen) atoms. The Morgan fingerprint density at radius 3 is 2.04 bits per heavy atom. The molecule has 1 aliphatic heterocycles. The molecular weight excluding hydrogens is 362 g/mol. The van der Waals surface area contributed by atoms with E-state index in [1.807, 2.05) is 30.5 Å². The van der Waals surface area contributed by atoms with Crippen LogP contribution in [0.2, 0.25) is 0 Å². The molecule has 2 amide bonds. The smallest absolute Gasteiger partial charge is 0.329 e. The van der Waals surface area contributed by atoms with Crippen LogP contribution in [0.5, 0.6) is 0 Å². The van der Waals surface area contributed by atoms with Crippen molar-refractivity contribution in [1.82, 2.24) is 4.90 Å². The molecule has 140 valence electrons. The van der Waals surface area contributed by atoms with Gasteiger partial charge in [0.25, 0.3) is 11.8 Å². The zero-order valence-corrected chi connectivity index (χ0v) is 16.3. The lowest BCUT2D eigenvalue weighted by Gasteiger charge is -2.27. The summed E-state index contributed by atoms with van der Waals surface area (Å²) in [6, 6.07) is 13.4. The van der Waals surface area contributed by atoms with Crippen molar-refractivity contribution in [2.24, 2.45) is 5.92 Å². The molecule has 0 spiro atoms. The summed E-state index contributed by atoms with van der Waals surface area (Å²) in [6.45, 7) is 3.69. The fraction of sp³-hybridized carbons (Fsp3) is 0.286. The molecule has 3 rings (SSSR count). The molecule has 1 heterocycles. The predicted octanol–water partition coefficient (Wildman–Crippen LogP) is 3.77. The van der Waals surface area contributed by atoms with Gasteiger partial charge in [-0.25, -0.2) is 4.79 Å². The lowest BCUT2D eigenvalue weighted by atomic mass is 10.0. The van der Waals surface area contributed by atoms with Crippen LogP contribution in [0.4, 0.5) is 0 Å². The van der Waals surface area contributed by atoms with Crippen molar-refractivity contribution in [3.8, 4) is 0 Å². The Balaban J connectivity index is 1.76. The summed E-state index contributed by atoms with van der Waals surface area (Å²) in [5, 5.41) is 0. The average Bonchev–Trinajstić information content (AvgIpc) is 2.92. The maximum Gasteiger partial charge on any atom is 0.329 e. The first-order valence-corrected chi connectivity index (χ1v) is 9.93. The van der Waals surface area contributed by atoms with Gasteiger partial charge in [-0.3, -0.25) is 14.5 Å². The van der Waals surface area contributed by atoms with Crippen molar-refractivity contribution in [2.45, 2.75) is 31.4 Å². The molecule has 2 aromatic rings. The monoisotopic (exact) mass is 383 g/mol. The van der Waals surface area contributed by atoms with Gasteiger partial charge in [-0.15, -0.1) is 11.8 Å². The first-order valence-electron chi connectivity index (χ1n) is 8.70. The molecule has 5 nitrogen and oxygen atoms in total. The third-order valence-corrected chi connectivity index (χ3v) is 5.26. The van der Waals surface area contributed by atoms with Crippen LogP contribution in [0, 0.1) is 5.92 Å². The van der Waals surface area contributed by atoms with Gasteiger partial charge in [-0.1, -0.05) is 38.1 Å². The van der Waals surface area contributed by atoms with Crippen molar-refractivity contribution < 1.29 is 19.1 Å². The van der Waals surface area contributed by atoms with Gasteiger partial charge in [0, 0.05) is 4.90 Å². The number of fused-ring (bicyclic) bond motifs is 1. The molecule has 0 radical (unpaired) electrons. The number of carbonyl (C=O) groups is 3. The minimum atomic E-state index is -0.956. The van der Waals surface area contributed by atoms with E-state index in [4.69, 9.17) is 4.74 Å². The Kier molecular flexibility index (Phi) is 5.65. The van der Waals surface area contributed by atoms with Crippen molar-refractivity contribution in [3.05, 3.63) is 65.2 Å². The SMILES string of the molecule is CSc1ccc(COC(=O)[C@H](C(C)C)N2C(=O)c3ccccc3C2=O)cc1. The number of ether oxygens (including phenoxy) is 1. The molecule has 2 aromatic carbocycles. The molecule has 0 bridgehead atoms. The molecule has 0 saturated carbocycles. The van der Waals surface area contributed by atoms with E-state index < -0.39 is 23.8 Å². The second-order valence-corrected chi connectivity index (χ2v) is 7.55. The van der Waals surface area contributed by atoms with Gasteiger partial charge in [-0.2, -0.15) is 0 Å². The van der Waals surface area contributed by atoms with Crippen LogP contribution in [0.25, 0.3) is 0 Å². The number of benzene rings is 2. The highest BCUT2D eigenvalue weighted by molar-refractivity contribution is 7.98. The van der Waals surface area contributed by atoms with Crippen LogP contribution < -0.4 is 0 Å².